The summed E-state index contributed by atoms with van der Waals surface area (Å²) in [4.78, 5) is 7.51. The molecule has 0 radical (unpaired) electrons. The van der Waals surface area contributed by atoms with Gasteiger partial charge in [0.25, 0.3) is 0 Å². The van der Waals surface area contributed by atoms with Crippen LogP contribution in [0.3, 0.4) is 0 Å². The van der Waals surface area contributed by atoms with Crippen molar-refractivity contribution < 1.29 is 0 Å². The lowest BCUT2D eigenvalue weighted by Gasteiger charge is -2.38. The molecule has 0 amide bonds. The third-order valence-electron chi connectivity index (χ3n) is 5.04. The van der Waals surface area contributed by atoms with Crippen LogP contribution in [0.2, 0.25) is 39.3 Å². The summed E-state index contributed by atoms with van der Waals surface area (Å²) in [6.45, 7) is 14.9. The highest BCUT2D eigenvalue weighted by Crippen LogP contribution is 2.38. The Balaban J connectivity index is 2.14. The highest BCUT2D eigenvalue weighted by molar-refractivity contribution is 6.96. The lowest BCUT2D eigenvalue weighted by Crippen LogP contribution is -2.47. The van der Waals surface area contributed by atoms with Crippen LogP contribution in [0.25, 0.3) is 0 Å². The van der Waals surface area contributed by atoms with Gasteiger partial charge in [-0.1, -0.05) is 81.7 Å². The molecule has 0 aliphatic heterocycles. The SMILES string of the molecule is C[Si](C)(C)C(c1cccc(N(c2ccccc2)c2ccccc2)n1)[Si](C)(C)C. The predicted molar refractivity (Wildman–Crippen MR) is 128 cm³/mol. The molecule has 4 heteroatoms. The molecule has 1 heterocycles. The quantitative estimate of drug-likeness (QED) is 0.398. The van der Waals surface area contributed by atoms with Gasteiger partial charge in [-0.25, -0.2) is 4.98 Å². The molecule has 28 heavy (non-hydrogen) atoms. The van der Waals surface area contributed by atoms with E-state index in [4.69, 9.17) is 4.98 Å². The zero-order valence-electron chi connectivity index (χ0n) is 18.0. The average molecular weight is 405 g/mol. The van der Waals surface area contributed by atoms with Crippen molar-refractivity contribution in [3.05, 3.63) is 84.6 Å². The Morgan fingerprint density at radius 2 is 1.07 bits per heavy atom. The number of aromatic nitrogens is 1. The van der Waals surface area contributed by atoms with Gasteiger partial charge in [0.15, 0.2) is 0 Å². The van der Waals surface area contributed by atoms with Crippen molar-refractivity contribution in [3.8, 4) is 0 Å². The van der Waals surface area contributed by atoms with E-state index in [9.17, 15) is 0 Å². The van der Waals surface area contributed by atoms with Crippen LogP contribution in [0.1, 0.15) is 10.9 Å². The van der Waals surface area contributed by atoms with Crippen LogP contribution in [0.4, 0.5) is 17.2 Å². The van der Waals surface area contributed by atoms with E-state index in [1.807, 2.05) is 0 Å². The maximum atomic E-state index is 5.25. The number of hydrogen-bond donors (Lipinski definition) is 0. The third-order valence-corrected chi connectivity index (χ3v) is 14.3. The number of para-hydroxylation sites is 2. The molecule has 3 rings (SSSR count). The van der Waals surface area contributed by atoms with Crippen molar-refractivity contribution in [2.75, 3.05) is 4.90 Å². The number of rotatable bonds is 6. The molecule has 0 saturated heterocycles. The summed E-state index contributed by atoms with van der Waals surface area (Å²) in [5.74, 6) is 0.997. The minimum atomic E-state index is -1.40. The van der Waals surface area contributed by atoms with Gasteiger partial charge >= 0.3 is 0 Å². The van der Waals surface area contributed by atoms with Crippen molar-refractivity contribution in [2.24, 2.45) is 0 Å². The number of hydrogen-bond acceptors (Lipinski definition) is 2. The van der Waals surface area contributed by atoms with Crippen LogP contribution in [0.5, 0.6) is 0 Å². The monoisotopic (exact) mass is 404 g/mol. The zero-order valence-corrected chi connectivity index (χ0v) is 20.0. The topological polar surface area (TPSA) is 16.1 Å². The van der Waals surface area contributed by atoms with Crippen LogP contribution < -0.4 is 4.90 Å². The molecule has 0 saturated carbocycles. The van der Waals surface area contributed by atoms with Crippen LogP contribution in [-0.4, -0.2) is 21.1 Å². The summed E-state index contributed by atoms with van der Waals surface area (Å²) in [6, 6.07) is 27.6. The summed E-state index contributed by atoms with van der Waals surface area (Å²) < 4.78 is 0. The van der Waals surface area contributed by atoms with E-state index in [1.54, 1.807) is 0 Å². The lowest BCUT2D eigenvalue weighted by molar-refractivity contribution is 1.04. The van der Waals surface area contributed by atoms with E-state index in [1.165, 1.54) is 5.69 Å². The van der Waals surface area contributed by atoms with Crippen LogP contribution in [0.15, 0.2) is 78.9 Å². The molecule has 0 spiro atoms. The molecule has 0 unspecified atom stereocenters. The van der Waals surface area contributed by atoms with Crippen molar-refractivity contribution in [2.45, 2.75) is 44.4 Å². The van der Waals surface area contributed by atoms with Crippen LogP contribution >= 0.6 is 0 Å². The molecule has 0 fully saturated rings. The second-order valence-electron chi connectivity index (χ2n) is 9.59. The van der Waals surface area contributed by atoms with Gasteiger partial charge in [-0.3, -0.25) is 4.90 Å². The van der Waals surface area contributed by atoms with Gasteiger partial charge in [-0.15, -0.1) is 0 Å². The summed E-state index contributed by atoms with van der Waals surface area (Å²) in [7, 11) is -2.80. The van der Waals surface area contributed by atoms with Crippen molar-refractivity contribution in [3.63, 3.8) is 0 Å². The first kappa shape index (κ1) is 20.6. The van der Waals surface area contributed by atoms with Gasteiger partial charge in [0.05, 0.1) is 16.1 Å². The molecule has 0 aliphatic carbocycles. The molecule has 146 valence electrons. The van der Waals surface area contributed by atoms with Gasteiger partial charge in [-0.05, 0) is 41.6 Å². The number of nitrogens with zero attached hydrogens (tertiary/aromatic N) is 2. The van der Waals surface area contributed by atoms with E-state index in [-0.39, 0.29) is 0 Å². The second kappa shape index (κ2) is 8.05. The van der Waals surface area contributed by atoms with Crippen LogP contribution in [-0.2, 0) is 0 Å². The smallest absolute Gasteiger partial charge is 0.137 e. The van der Waals surface area contributed by atoms with Gasteiger partial charge in [0.1, 0.15) is 5.82 Å². The molecular weight excluding hydrogens is 372 g/mol. The number of pyridine rings is 1. The highest BCUT2D eigenvalue weighted by Gasteiger charge is 2.39. The maximum absolute atomic E-state index is 5.25. The maximum Gasteiger partial charge on any atom is 0.137 e. The Kier molecular flexibility index (Phi) is 5.91. The minimum Gasteiger partial charge on any atom is -0.295 e. The molecule has 0 bridgehead atoms. The molecule has 2 nitrogen and oxygen atoms in total. The fraction of sp³-hybridized carbons (Fsp3) is 0.292. The Bertz CT molecular complexity index is 844. The fourth-order valence-electron chi connectivity index (χ4n) is 4.48. The van der Waals surface area contributed by atoms with E-state index < -0.39 is 16.1 Å². The third kappa shape index (κ3) is 4.62. The van der Waals surface area contributed by atoms with Crippen molar-refractivity contribution in [1.82, 2.24) is 4.98 Å². The summed E-state index contributed by atoms with van der Waals surface area (Å²) in [5, 5.41) is 0.619. The predicted octanol–water partition coefficient (Wildman–Crippen LogP) is 7.39. The molecule has 3 aromatic rings. The normalized spacial score (nSPS) is 12.2. The van der Waals surface area contributed by atoms with Gasteiger partial charge < -0.3 is 0 Å². The molecule has 2 aromatic carbocycles. The summed E-state index contributed by atoms with van der Waals surface area (Å²) in [5.41, 5.74) is 3.54. The van der Waals surface area contributed by atoms with E-state index >= 15 is 0 Å². The van der Waals surface area contributed by atoms with Gasteiger partial charge in [0, 0.05) is 17.1 Å². The molecule has 0 atom stereocenters. The molecule has 0 N–H and O–H groups in total. The van der Waals surface area contributed by atoms with Crippen molar-refractivity contribution >= 4 is 33.3 Å². The Morgan fingerprint density at radius 1 is 0.607 bits per heavy atom. The van der Waals surface area contributed by atoms with Crippen LogP contribution in [0, 0.1) is 0 Å². The zero-order chi connectivity index (χ0) is 20.4. The minimum absolute atomic E-state index is 0.619. The largest absolute Gasteiger partial charge is 0.295 e. The Hall–Kier alpha value is -2.18. The Morgan fingerprint density at radius 3 is 1.50 bits per heavy atom. The summed E-state index contributed by atoms with van der Waals surface area (Å²) >= 11 is 0. The fourth-order valence-corrected chi connectivity index (χ4v) is 17.0. The number of anilines is 3. The summed E-state index contributed by atoms with van der Waals surface area (Å²) in [6.07, 6.45) is 0. The standard InChI is InChI=1S/C24H32N2Si2/c1-27(2,3)24(28(4,5)6)22-18-13-19-23(25-22)26(20-14-9-7-10-15-20)21-16-11-8-12-17-21/h7-19,24H,1-6H3. The van der Waals surface area contributed by atoms with Gasteiger partial charge in [-0.2, -0.15) is 0 Å². The van der Waals surface area contributed by atoms with Crippen molar-refractivity contribution in [1.29, 1.82) is 0 Å². The van der Waals surface area contributed by atoms with E-state index in [0.717, 1.165) is 17.2 Å². The molecule has 1 aromatic heterocycles. The molecule has 0 aliphatic rings. The van der Waals surface area contributed by atoms with E-state index in [2.05, 4.69) is 123 Å². The lowest BCUT2D eigenvalue weighted by atomic mass is 10.2. The van der Waals surface area contributed by atoms with Gasteiger partial charge in [0.2, 0.25) is 0 Å². The first-order valence-electron chi connectivity index (χ1n) is 10.0. The second-order valence-corrected chi connectivity index (χ2v) is 20.8. The number of benzene rings is 2. The Labute approximate surface area is 172 Å². The highest BCUT2D eigenvalue weighted by atomic mass is 28.4. The average Bonchev–Trinajstić information content (AvgIpc) is 2.62. The molecular formula is C24H32N2Si2. The van der Waals surface area contributed by atoms with E-state index in [0.29, 0.717) is 5.16 Å². The first-order valence-corrected chi connectivity index (χ1v) is 17.2. The first-order chi connectivity index (χ1) is 13.2.